The van der Waals surface area contributed by atoms with Crippen LogP contribution in [0.15, 0.2) is 24.3 Å². The Morgan fingerprint density at radius 3 is 2.54 bits per heavy atom. The number of anilines is 1. The normalized spacial score (nSPS) is 11.0. The molecule has 0 spiro atoms. The fraction of sp³-hybridized carbons (Fsp3) is 0.286. The van der Waals surface area contributed by atoms with Crippen LogP contribution in [0.2, 0.25) is 0 Å². The zero-order chi connectivity index (χ0) is 19.4. The molecule has 0 radical (unpaired) electrons. The zero-order valence-electron chi connectivity index (χ0n) is 13.2. The minimum absolute atomic E-state index is 0.0321. The topological polar surface area (TPSA) is 99.3 Å². The van der Waals surface area contributed by atoms with Crippen molar-refractivity contribution in [3.05, 3.63) is 45.8 Å². The summed E-state index contributed by atoms with van der Waals surface area (Å²) in [5.74, 6) is -0.890. The molecule has 0 unspecified atom stereocenters. The number of alkyl halides is 4. The number of nitro groups is 1. The smallest absolute Gasteiger partial charge is 0.282 e. The maximum atomic E-state index is 12.9. The molecular weight excluding hydrogens is 364 g/mol. The molecule has 0 aliphatic heterocycles. The molecule has 0 fully saturated rings. The SMILES string of the molecule is COc1cc([N+](=O)[O-])ccc1NC(=O)Cn1nc(C(F)F)cc1C(F)F. The monoisotopic (exact) mass is 376 g/mol. The van der Waals surface area contributed by atoms with E-state index in [4.69, 9.17) is 4.74 Å². The van der Waals surface area contributed by atoms with Crippen LogP contribution < -0.4 is 10.1 Å². The van der Waals surface area contributed by atoms with Gasteiger partial charge < -0.3 is 10.1 Å². The number of hydrogen-bond donors (Lipinski definition) is 1. The molecule has 26 heavy (non-hydrogen) atoms. The van der Waals surface area contributed by atoms with Gasteiger partial charge in [0.05, 0.1) is 23.8 Å². The number of carbonyl (C=O) groups excluding carboxylic acids is 1. The van der Waals surface area contributed by atoms with Gasteiger partial charge in [0.15, 0.2) is 0 Å². The summed E-state index contributed by atoms with van der Waals surface area (Å²) in [7, 11) is 1.21. The summed E-state index contributed by atoms with van der Waals surface area (Å²) < 4.78 is 56.4. The molecule has 8 nitrogen and oxygen atoms in total. The Bertz CT molecular complexity index is 825. The van der Waals surface area contributed by atoms with E-state index in [1.54, 1.807) is 0 Å². The van der Waals surface area contributed by atoms with E-state index in [0.717, 1.165) is 12.1 Å². The van der Waals surface area contributed by atoms with Gasteiger partial charge in [-0.3, -0.25) is 19.6 Å². The number of carbonyl (C=O) groups is 1. The highest BCUT2D eigenvalue weighted by molar-refractivity contribution is 5.92. The second-order valence-electron chi connectivity index (χ2n) is 4.94. The van der Waals surface area contributed by atoms with Crippen molar-refractivity contribution in [3.8, 4) is 5.75 Å². The Morgan fingerprint density at radius 1 is 1.31 bits per heavy atom. The fourth-order valence-corrected chi connectivity index (χ4v) is 2.08. The van der Waals surface area contributed by atoms with Gasteiger partial charge in [0.2, 0.25) is 5.91 Å². The van der Waals surface area contributed by atoms with Crippen LogP contribution in [-0.2, 0) is 11.3 Å². The van der Waals surface area contributed by atoms with Gasteiger partial charge in [-0.2, -0.15) is 5.10 Å². The van der Waals surface area contributed by atoms with Crippen LogP contribution in [0.3, 0.4) is 0 Å². The van der Waals surface area contributed by atoms with Gasteiger partial charge in [-0.05, 0) is 12.1 Å². The lowest BCUT2D eigenvalue weighted by Crippen LogP contribution is -2.21. The minimum Gasteiger partial charge on any atom is -0.494 e. The third-order valence-corrected chi connectivity index (χ3v) is 3.24. The van der Waals surface area contributed by atoms with Crippen molar-refractivity contribution < 1.29 is 32.0 Å². The van der Waals surface area contributed by atoms with E-state index in [2.05, 4.69) is 10.4 Å². The van der Waals surface area contributed by atoms with E-state index in [0.29, 0.717) is 10.7 Å². The lowest BCUT2D eigenvalue weighted by atomic mass is 10.2. The molecule has 1 heterocycles. The summed E-state index contributed by atoms with van der Waals surface area (Å²) >= 11 is 0. The van der Waals surface area contributed by atoms with Crippen molar-refractivity contribution in [2.45, 2.75) is 19.4 Å². The predicted molar refractivity (Wildman–Crippen MR) is 80.4 cm³/mol. The summed E-state index contributed by atoms with van der Waals surface area (Å²) in [6, 6.07) is 3.88. The summed E-state index contributed by atoms with van der Waals surface area (Å²) in [6.07, 6.45) is -6.16. The number of halogens is 4. The van der Waals surface area contributed by atoms with Crippen LogP contribution in [0.4, 0.5) is 28.9 Å². The largest absolute Gasteiger partial charge is 0.494 e. The molecule has 1 N–H and O–H groups in total. The quantitative estimate of drug-likeness (QED) is 0.454. The summed E-state index contributed by atoms with van der Waals surface area (Å²) in [6.45, 7) is -0.757. The average molecular weight is 376 g/mol. The highest BCUT2D eigenvalue weighted by Gasteiger charge is 2.23. The molecule has 0 aliphatic rings. The van der Waals surface area contributed by atoms with Crippen LogP contribution in [0.25, 0.3) is 0 Å². The van der Waals surface area contributed by atoms with Gasteiger partial charge in [-0.1, -0.05) is 0 Å². The third kappa shape index (κ3) is 4.26. The molecule has 0 atom stereocenters. The number of aromatic nitrogens is 2. The van der Waals surface area contributed by atoms with Gasteiger partial charge in [-0.25, -0.2) is 17.6 Å². The molecule has 2 aromatic rings. The highest BCUT2D eigenvalue weighted by Crippen LogP contribution is 2.29. The van der Waals surface area contributed by atoms with Crippen molar-refractivity contribution in [3.63, 3.8) is 0 Å². The van der Waals surface area contributed by atoms with E-state index in [1.807, 2.05) is 0 Å². The summed E-state index contributed by atoms with van der Waals surface area (Å²) in [5.41, 5.74) is -1.94. The number of methoxy groups -OCH3 is 1. The molecule has 140 valence electrons. The van der Waals surface area contributed by atoms with Gasteiger partial charge in [-0.15, -0.1) is 0 Å². The maximum Gasteiger partial charge on any atom is 0.282 e. The number of amides is 1. The summed E-state index contributed by atoms with van der Waals surface area (Å²) in [4.78, 5) is 22.1. The number of nitrogens with zero attached hydrogens (tertiary/aromatic N) is 3. The molecule has 0 saturated carbocycles. The van der Waals surface area contributed by atoms with Crippen molar-refractivity contribution in [2.75, 3.05) is 12.4 Å². The molecular formula is C14H12F4N4O4. The molecule has 2 rings (SSSR count). The molecule has 1 aromatic carbocycles. The highest BCUT2D eigenvalue weighted by atomic mass is 19.3. The first-order chi connectivity index (χ1) is 12.2. The third-order valence-electron chi connectivity index (χ3n) is 3.24. The van der Waals surface area contributed by atoms with Gasteiger partial charge >= 0.3 is 0 Å². The Hall–Kier alpha value is -3.18. The number of nitro benzene ring substituents is 1. The Balaban J connectivity index is 2.20. The number of rotatable bonds is 7. The Kier molecular flexibility index (Phi) is 5.75. The van der Waals surface area contributed by atoms with Crippen molar-refractivity contribution >= 4 is 17.3 Å². The van der Waals surface area contributed by atoms with Crippen molar-refractivity contribution in [2.24, 2.45) is 0 Å². The molecule has 12 heteroatoms. The second kappa shape index (κ2) is 7.80. The van der Waals surface area contributed by atoms with Crippen molar-refractivity contribution in [1.29, 1.82) is 0 Å². The first kappa shape index (κ1) is 19.1. The number of ether oxygens (including phenoxy) is 1. The predicted octanol–water partition coefficient (Wildman–Crippen LogP) is 3.31. The van der Waals surface area contributed by atoms with Crippen LogP contribution in [0, 0.1) is 10.1 Å². The van der Waals surface area contributed by atoms with Gasteiger partial charge in [0.1, 0.15) is 23.7 Å². The molecule has 0 saturated heterocycles. The average Bonchev–Trinajstić information content (AvgIpc) is 2.99. The van der Waals surface area contributed by atoms with Crippen LogP contribution >= 0.6 is 0 Å². The molecule has 0 bridgehead atoms. The lowest BCUT2D eigenvalue weighted by Gasteiger charge is -2.11. The van der Waals surface area contributed by atoms with Crippen LogP contribution in [-0.4, -0.2) is 27.7 Å². The number of nitrogens with one attached hydrogen (secondary N) is 1. The maximum absolute atomic E-state index is 12.9. The first-order valence-electron chi connectivity index (χ1n) is 6.99. The van der Waals surface area contributed by atoms with E-state index < -0.39 is 41.6 Å². The standard InChI is InChI=1S/C14H12F4N4O4/c1-26-11-4-7(22(24)25)2-3-8(11)19-12(23)6-21-10(14(17)18)5-9(20-21)13(15)16/h2-5,13-14H,6H2,1H3,(H,19,23). The van der Waals surface area contributed by atoms with Crippen molar-refractivity contribution in [1.82, 2.24) is 9.78 Å². The first-order valence-corrected chi connectivity index (χ1v) is 6.99. The number of non-ortho nitro benzene ring substituents is 1. The second-order valence-corrected chi connectivity index (χ2v) is 4.94. The van der Waals surface area contributed by atoms with E-state index in [1.165, 1.54) is 13.2 Å². The number of benzene rings is 1. The molecule has 1 aromatic heterocycles. The van der Waals surface area contributed by atoms with Gasteiger partial charge in [0.25, 0.3) is 18.5 Å². The fourth-order valence-electron chi connectivity index (χ4n) is 2.08. The zero-order valence-corrected chi connectivity index (χ0v) is 13.2. The van der Waals surface area contributed by atoms with E-state index >= 15 is 0 Å². The Labute approximate surface area is 143 Å². The minimum atomic E-state index is -3.10. The van der Waals surface area contributed by atoms with E-state index in [9.17, 15) is 32.5 Å². The lowest BCUT2D eigenvalue weighted by molar-refractivity contribution is -0.384. The molecule has 0 aliphatic carbocycles. The van der Waals surface area contributed by atoms with E-state index in [-0.39, 0.29) is 17.1 Å². The van der Waals surface area contributed by atoms with Crippen LogP contribution in [0.5, 0.6) is 5.75 Å². The summed E-state index contributed by atoms with van der Waals surface area (Å²) in [5, 5.41) is 16.3. The molecule has 1 amide bonds. The van der Waals surface area contributed by atoms with Crippen LogP contribution in [0.1, 0.15) is 24.2 Å². The Morgan fingerprint density at radius 2 is 2.00 bits per heavy atom. The van der Waals surface area contributed by atoms with Gasteiger partial charge in [0, 0.05) is 6.07 Å². The number of hydrogen-bond acceptors (Lipinski definition) is 5.